The second-order valence-corrected chi connectivity index (χ2v) is 2.03. The van der Waals surface area contributed by atoms with E-state index in [-0.39, 0.29) is 0 Å². The Morgan fingerprint density at radius 1 is 1.50 bits per heavy atom. The summed E-state index contributed by atoms with van der Waals surface area (Å²) in [5.41, 5.74) is 1.03. The number of aliphatic hydroxyl groups excluding tert-OH is 1. The highest BCUT2D eigenvalue weighted by Crippen LogP contribution is 2.23. The molecular formula is C7H10O. The Morgan fingerprint density at radius 2 is 2.25 bits per heavy atom. The molecule has 0 saturated heterocycles. The van der Waals surface area contributed by atoms with Crippen LogP contribution in [-0.4, -0.2) is 5.11 Å². The van der Waals surface area contributed by atoms with Crippen LogP contribution in [0.1, 0.15) is 19.3 Å². The van der Waals surface area contributed by atoms with Crippen LogP contribution in [0.25, 0.3) is 0 Å². The Bertz CT molecular complexity index is 133. The minimum Gasteiger partial charge on any atom is -0.512 e. The Balaban J connectivity index is 2.72. The number of aliphatic hydroxyl groups is 1. The van der Waals surface area contributed by atoms with Crippen LogP contribution >= 0.6 is 0 Å². The van der Waals surface area contributed by atoms with Crippen LogP contribution in [0.15, 0.2) is 24.0 Å². The molecule has 1 heteroatoms. The highest BCUT2D eigenvalue weighted by atomic mass is 16.3. The fourth-order valence-electron chi connectivity index (χ4n) is 0.971. The lowest BCUT2D eigenvalue weighted by Gasteiger charge is -1.89. The topological polar surface area (TPSA) is 20.2 Å². The van der Waals surface area contributed by atoms with Gasteiger partial charge in [0.15, 0.2) is 0 Å². The quantitative estimate of drug-likeness (QED) is 0.548. The summed E-state index contributed by atoms with van der Waals surface area (Å²) in [6.07, 6.45) is 4.69. The zero-order chi connectivity index (χ0) is 5.98. The van der Waals surface area contributed by atoms with Crippen molar-refractivity contribution in [3.05, 3.63) is 24.0 Å². The average molecular weight is 110 g/mol. The summed E-state index contributed by atoms with van der Waals surface area (Å²) < 4.78 is 0. The molecule has 0 spiro atoms. The summed E-state index contributed by atoms with van der Waals surface area (Å²) in [7, 11) is 0. The fraction of sp³-hybridized carbons (Fsp3) is 0.429. The van der Waals surface area contributed by atoms with E-state index in [4.69, 9.17) is 5.11 Å². The molecule has 1 aliphatic rings. The number of rotatable bonds is 1. The second-order valence-electron chi connectivity index (χ2n) is 2.03. The van der Waals surface area contributed by atoms with E-state index in [1.807, 2.05) is 0 Å². The van der Waals surface area contributed by atoms with E-state index in [9.17, 15) is 0 Å². The largest absolute Gasteiger partial charge is 0.512 e. The SMILES string of the molecule is C=CC1=C(O)CCC1. The van der Waals surface area contributed by atoms with E-state index in [0.29, 0.717) is 5.76 Å². The molecule has 0 aliphatic heterocycles. The van der Waals surface area contributed by atoms with Gasteiger partial charge < -0.3 is 5.11 Å². The molecule has 0 fully saturated rings. The lowest BCUT2D eigenvalue weighted by atomic mass is 10.2. The van der Waals surface area contributed by atoms with Crippen LogP contribution in [-0.2, 0) is 0 Å². The van der Waals surface area contributed by atoms with Crippen LogP contribution in [0.2, 0.25) is 0 Å². The van der Waals surface area contributed by atoms with Crippen LogP contribution in [0, 0.1) is 0 Å². The third-order valence-electron chi connectivity index (χ3n) is 1.48. The van der Waals surface area contributed by atoms with Crippen molar-refractivity contribution in [3.63, 3.8) is 0 Å². The zero-order valence-corrected chi connectivity index (χ0v) is 4.85. The van der Waals surface area contributed by atoms with Gasteiger partial charge in [-0.05, 0) is 18.4 Å². The summed E-state index contributed by atoms with van der Waals surface area (Å²) in [4.78, 5) is 0. The van der Waals surface area contributed by atoms with Crippen molar-refractivity contribution in [1.82, 2.24) is 0 Å². The smallest absolute Gasteiger partial charge is 0.0954 e. The highest BCUT2D eigenvalue weighted by molar-refractivity contribution is 5.23. The number of hydrogen-bond acceptors (Lipinski definition) is 1. The Kier molecular flexibility index (Phi) is 1.38. The molecule has 0 bridgehead atoms. The van der Waals surface area contributed by atoms with Gasteiger partial charge in [-0.3, -0.25) is 0 Å². The molecule has 0 saturated carbocycles. The van der Waals surface area contributed by atoms with Crippen LogP contribution < -0.4 is 0 Å². The highest BCUT2D eigenvalue weighted by Gasteiger charge is 2.08. The third kappa shape index (κ3) is 0.760. The lowest BCUT2D eigenvalue weighted by Crippen LogP contribution is -1.74. The molecule has 8 heavy (non-hydrogen) atoms. The van der Waals surface area contributed by atoms with E-state index in [1.165, 1.54) is 0 Å². The number of allylic oxidation sites excluding steroid dienone is 3. The van der Waals surface area contributed by atoms with E-state index in [2.05, 4.69) is 6.58 Å². The Hall–Kier alpha value is -0.720. The minimum absolute atomic E-state index is 0.542. The summed E-state index contributed by atoms with van der Waals surface area (Å²) in [6.45, 7) is 3.58. The van der Waals surface area contributed by atoms with Gasteiger partial charge >= 0.3 is 0 Å². The fourth-order valence-corrected chi connectivity index (χ4v) is 0.971. The lowest BCUT2D eigenvalue weighted by molar-refractivity contribution is 0.394. The first kappa shape index (κ1) is 5.42. The van der Waals surface area contributed by atoms with Gasteiger partial charge in [0.2, 0.25) is 0 Å². The first-order valence-corrected chi connectivity index (χ1v) is 2.88. The molecule has 0 atom stereocenters. The maximum absolute atomic E-state index is 9.00. The van der Waals surface area contributed by atoms with Gasteiger partial charge in [0.05, 0.1) is 5.76 Å². The van der Waals surface area contributed by atoms with Gasteiger partial charge in [-0.15, -0.1) is 0 Å². The van der Waals surface area contributed by atoms with E-state index >= 15 is 0 Å². The molecule has 0 heterocycles. The Labute approximate surface area is 49.3 Å². The van der Waals surface area contributed by atoms with Crippen LogP contribution in [0.3, 0.4) is 0 Å². The van der Waals surface area contributed by atoms with E-state index in [0.717, 1.165) is 24.8 Å². The molecule has 1 N–H and O–H groups in total. The zero-order valence-electron chi connectivity index (χ0n) is 4.85. The molecule has 0 radical (unpaired) electrons. The van der Waals surface area contributed by atoms with Crippen molar-refractivity contribution in [2.75, 3.05) is 0 Å². The van der Waals surface area contributed by atoms with Gasteiger partial charge in [0.25, 0.3) is 0 Å². The molecule has 1 rings (SSSR count). The molecule has 0 amide bonds. The summed E-state index contributed by atoms with van der Waals surface area (Å²) in [6, 6.07) is 0. The van der Waals surface area contributed by atoms with Gasteiger partial charge in [0.1, 0.15) is 0 Å². The van der Waals surface area contributed by atoms with Crippen molar-refractivity contribution in [3.8, 4) is 0 Å². The van der Waals surface area contributed by atoms with E-state index in [1.54, 1.807) is 6.08 Å². The molecule has 44 valence electrons. The van der Waals surface area contributed by atoms with Crippen molar-refractivity contribution >= 4 is 0 Å². The molecule has 0 aromatic carbocycles. The average Bonchev–Trinajstić information content (AvgIpc) is 2.14. The maximum atomic E-state index is 9.00. The predicted octanol–water partition coefficient (Wildman–Crippen LogP) is 2.17. The van der Waals surface area contributed by atoms with E-state index < -0.39 is 0 Å². The summed E-state index contributed by atoms with van der Waals surface area (Å²) in [5.74, 6) is 0.542. The van der Waals surface area contributed by atoms with Crippen molar-refractivity contribution in [2.24, 2.45) is 0 Å². The second kappa shape index (κ2) is 2.03. The first-order valence-electron chi connectivity index (χ1n) is 2.88. The Morgan fingerprint density at radius 3 is 2.50 bits per heavy atom. The predicted molar refractivity (Wildman–Crippen MR) is 33.7 cm³/mol. The minimum atomic E-state index is 0.542. The third-order valence-corrected chi connectivity index (χ3v) is 1.48. The molecule has 0 unspecified atom stereocenters. The molecular weight excluding hydrogens is 100 g/mol. The number of hydrogen-bond donors (Lipinski definition) is 1. The van der Waals surface area contributed by atoms with Gasteiger partial charge in [-0.2, -0.15) is 0 Å². The van der Waals surface area contributed by atoms with Crippen LogP contribution in [0.4, 0.5) is 0 Å². The maximum Gasteiger partial charge on any atom is 0.0954 e. The molecule has 1 nitrogen and oxygen atoms in total. The summed E-state index contributed by atoms with van der Waals surface area (Å²) in [5, 5.41) is 9.00. The van der Waals surface area contributed by atoms with Gasteiger partial charge in [0, 0.05) is 6.42 Å². The van der Waals surface area contributed by atoms with Crippen LogP contribution in [0.5, 0.6) is 0 Å². The first-order chi connectivity index (χ1) is 3.84. The summed E-state index contributed by atoms with van der Waals surface area (Å²) >= 11 is 0. The molecule has 1 aliphatic carbocycles. The van der Waals surface area contributed by atoms with Gasteiger partial charge in [-0.25, -0.2) is 0 Å². The van der Waals surface area contributed by atoms with Crippen molar-refractivity contribution in [2.45, 2.75) is 19.3 Å². The van der Waals surface area contributed by atoms with Crippen molar-refractivity contribution in [1.29, 1.82) is 0 Å². The molecule has 0 aromatic heterocycles. The normalized spacial score (nSPS) is 19.5. The standard InChI is InChI=1S/C7H10O/c1-2-6-4-3-5-7(6)8/h2,8H,1,3-5H2. The monoisotopic (exact) mass is 110 g/mol. The molecule has 0 aromatic rings. The van der Waals surface area contributed by atoms with Crippen molar-refractivity contribution < 1.29 is 5.11 Å². The van der Waals surface area contributed by atoms with Gasteiger partial charge in [-0.1, -0.05) is 12.7 Å².